The second kappa shape index (κ2) is 5.72. The topological polar surface area (TPSA) is 53.1 Å². The van der Waals surface area contributed by atoms with E-state index in [0.717, 1.165) is 23.1 Å². The van der Waals surface area contributed by atoms with Gasteiger partial charge >= 0.3 is 0 Å². The van der Waals surface area contributed by atoms with Crippen LogP contribution in [-0.4, -0.2) is 29.0 Å². The van der Waals surface area contributed by atoms with Gasteiger partial charge < -0.3 is 10.5 Å². The Balaban J connectivity index is 2.12. The lowest BCUT2D eigenvalue weighted by atomic mass is 10.0. The summed E-state index contributed by atoms with van der Waals surface area (Å²) in [5.74, 6) is 0.655. The molecule has 2 N–H and O–H groups in total. The zero-order valence-electron chi connectivity index (χ0n) is 11.3. The molecule has 1 saturated carbocycles. The number of ether oxygens (including phenoxy) is 1. The van der Waals surface area contributed by atoms with E-state index in [1.165, 1.54) is 18.5 Å². The number of nitrogens with two attached hydrogens (primary N) is 1. The highest BCUT2D eigenvalue weighted by Gasteiger charge is 2.35. The van der Waals surface area contributed by atoms with Crippen molar-refractivity contribution in [2.75, 3.05) is 7.11 Å². The van der Waals surface area contributed by atoms with Crippen LogP contribution in [0.2, 0.25) is 0 Å². The van der Waals surface area contributed by atoms with Gasteiger partial charge in [0.2, 0.25) is 0 Å². The summed E-state index contributed by atoms with van der Waals surface area (Å²) in [6.45, 7) is 4.98. The lowest BCUT2D eigenvalue weighted by molar-refractivity contribution is 0.0621. The van der Waals surface area contributed by atoms with Crippen LogP contribution in [0.4, 0.5) is 0 Å². The monoisotopic (exact) mass is 315 g/mol. The molecule has 1 aliphatic rings. The van der Waals surface area contributed by atoms with Crippen LogP contribution < -0.4 is 5.73 Å². The third kappa shape index (κ3) is 2.78. The number of methoxy groups -OCH3 is 1. The molecule has 0 aromatic carbocycles. The number of nitrogens with zero attached hydrogens (tertiary/aromatic N) is 2. The summed E-state index contributed by atoms with van der Waals surface area (Å²) in [6, 6.07) is 0.0419. The average molecular weight is 316 g/mol. The number of aryl methyl sites for hydroxylation is 2. The molecule has 4 nitrogen and oxygen atoms in total. The van der Waals surface area contributed by atoms with E-state index in [0.29, 0.717) is 5.92 Å². The van der Waals surface area contributed by atoms with Crippen molar-refractivity contribution in [2.45, 2.75) is 51.8 Å². The SMILES string of the molecule is CCn1nc(C)c(Br)c1CC(N)C(OC)C1CC1. The van der Waals surface area contributed by atoms with Crippen molar-refractivity contribution in [2.24, 2.45) is 11.7 Å². The first-order valence-corrected chi connectivity index (χ1v) is 7.37. The molecule has 1 aromatic rings. The Morgan fingerprint density at radius 1 is 1.56 bits per heavy atom. The zero-order valence-corrected chi connectivity index (χ0v) is 12.9. The van der Waals surface area contributed by atoms with Gasteiger partial charge in [0.25, 0.3) is 0 Å². The van der Waals surface area contributed by atoms with Crippen molar-refractivity contribution in [1.29, 1.82) is 0 Å². The maximum Gasteiger partial charge on any atom is 0.0754 e. The summed E-state index contributed by atoms with van der Waals surface area (Å²) in [6.07, 6.45) is 3.49. The summed E-state index contributed by atoms with van der Waals surface area (Å²) in [5, 5.41) is 4.50. The first kappa shape index (κ1) is 14.0. The molecule has 0 amide bonds. The Hall–Kier alpha value is -0.390. The molecule has 2 unspecified atom stereocenters. The molecule has 2 atom stereocenters. The van der Waals surface area contributed by atoms with Gasteiger partial charge in [-0.3, -0.25) is 4.68 Å². The summed E-state index contributed by atoms with van der Waals surface area (Å²) < 4.78 is 8.67. The number of hydrogen-bond donors (Lipinski definition) is 1. The standard InChI is InChI=1S/C13H22BrN3O/c1-4-17-11(12(14)8(2)16-17)7-10(15)13(18-3)9-5-6-9/h9-10,13H,4-7,15H2,1-3H3. The Labute approximate surface area is 117 Å². The molecule has 1 aliphatic carbocycles. The van der Waals surface area contributed by atoms with Gasteiger partial charge in [0.05, 0.1) is 22.0 Å². The molecule has 2 rings (SSSR count). The van der Waals surface area contributed by atoms with E-state index >= 15 is 0 Å². The van der Waals surface area contributed by atoms with Crippen LogP contribution in [-0.2, 0) is 17.7 Å². The van der Waals surface area contributed by atoms with Crippen molar-refractivity contribution in [3.8, 4) is 0 Å². The molecule has 1 fully saturated rings. The first-order valence-electron chi connectivity index (χ1n) is 6.58. The summed E-state index contributed by atoms with van der Waals surface area (Å²) in [4.78, 5) is 0. The van der Waals surface area contributed by atoms with E-state index in [2.05, 4.69) is 28.0 Å². The van der Waals surface area contributed by atoms with Crippen LogP contribution in [0.3, 0.4) is 0 Å². The third-order valence-electron chi connectivity index (χ3n) is 3.66. The maximum absolute atomic E-state index is 6.32. The summed E-state index contributed by atoms with van der Waals surface area (Å²) in [5.41, 5.74) is 8.53. The average Bonchev–Trinajstić information content (AvgIpc) is 3.13. The van der Waals surface area contributed by atoms with Gasteiger partial charge in [0.1, 0.15) is 0 Å². The lowest BCUT2D eigenvalue weighted by Gasteiger charge is -2.22. The molecule has 0 saturated heterocycles. The molecule has 0 bridgehead atoms. The van der Waals surface area contributed by atoms with Crippen molar-refractivity contribution in [3.63, 3.8) is 0 Å². The minimum absolute atomic E-state index is 0.0419. The second-order valence-corrected chi connectivity index (χ2v) is 5.86. The maximum atomic E-state index is 6.32. The van der Waals surface area contributed by atoms with Gasteiger partial charge in [-0.15, -0.1) is 0 Å². The first-order chi connectivity index (χ1) is 8.58. The Morgan fingerprint density at radius 2 is 2.22 bits per heavy atom. The molecule has 18 heavy (non-hydrogen) atoms. The molecule has 102 valence electrons. The molecule has 1 aromatic heterocycles. The van der Waals surface area contributed by atoms with E-state index < -0.39 is 0 Å². The normalized spacial score (nSPS) is 18.9. The Kier molecular flexibility index (Phi) is 4.45. The van der Waals surface area contributed by atoms with Gasteiger partial charge in [-0.05, 0) is 48.5 Å². The fourth-order valence-electron chi connectivity index (χ4n) is 2.54. The zero-order chi connectivity index (χ0) is 13.3. The second-order valence-electron chi connectivity index (χ2n) is 5.07. The van der Waals surface area contributed by atoms with Crippen LogP contribution in [0.1, 0.15) is 31.2 Å². The highest BCUT2D eigenvalue weighted by molar-refractivity contribution is 9.10. The van der Waals surface area contributed by atoms with Gasteiger partial charge in [-0.25, -0.2) is 0 Å². The van der Waals surface area contributed by atoms with E-state index in [4.69, 9.17) is 10.5 Å². The van der Waals surface area contributed by atoms with Crippen LogP contribution >= 0.6 is 15.9 Å². The van der Waals surface area contributed by atoms with Crippen LogP contribution in [0.5, 0.6) is 0 Å². The quantitative estimate of drug-likeness (QED) is 0.876. The highest BCUT2D eigenvalue weighted by Crippen LogP contribution is 2.36. The van der Waals surface area contributed by atoms with Crippen LogP contribution in [0.15, 0.2) is 4.47 Å². The van der Waals surface area contributed by atoms with Crippen LogP contribution in [0, 0.1) is 12.8 Å². The number of rotatable bonds is 6. The van der Waals surface area contributed by atoms with Crippen LogP contribution in [0.25, 0.3) is 0 Å². The molecule has 5 heteroatoms. The minimum atomic E-state index is 0.0419. The van der Waals surface area contributed by atoms with Gasteiger partial charge in [-0.2, -0.15) is 5.10 Å². The predicted octanol–water partition coefficient (Wildman–Crippen LogP) is 2.27. The Morgan fingerprint density at radius 3 is 2.72 bits per heavy atom. The largest absolute Gasteiger partial charge is 0.380 e. The number of halogens is 1. The molecular formula is C13H22BrN3O. The van der Waals surface area contributed by atoms with E-state index in [1.54, 1.807) is 7.11 Å². The third-order valence-corrected chi connectivity index (χ3v) is 4.69. The molecule has 0 spiro atoms. The molecule has 1 heterocycles. The fraction of sp³-hybridized carbons (Fsp3) is 0.769. The Bertz CT molecular complexity index is 415. The minimum Gasteiger partial charge on any atom is -0.380 e. The van der Waals surface area contributed by atoms with Crippen molar-refractivity contribution in [3.05, 3.63) is 15.9 Å². The number of hydrogen-bond acceptors (Lipinski definition) is 3. The lowest BCUT2D eigenvalue weighted by Crippen LogP contribution is -2.40. The highest BCUT2D eigenvalue weighted by atomic mass is 79.9. The predicted molar refractivity (Wildman–Crippen MR) is 75.5 cm³/mol. The molecule has 0 radical (unpaired) electrons. The van der Waals surface area contributed by atoms with E-state index in [9.17, 15) is 0 Å². The number of aromatic nitrogens is 2. The smallest absolute Gasteiger partial charge is 0.0754 e. The fourth-order valence-corrected chi connectivity index (χ4v) is 2.99. The van der Waals surface area contributed by atoms with Gasteiger partial charge in [0.15, 0.2) is 0 Å². The summed E-state index contributed by atoms with van der Waals surface area (Å²) in [7, 11) is 1.76. The van der Waals surface area contributed by atoms with Gasteiger partial charge in [-0.1, -0.05) is 0 Å². The van der Waals surface area contributed by atoms with Crippen molar-refractivity contribution in [1.82, 2.24) is 9.78 Å². The van der Waals surface area contributed by atoms with Crippen molar-refractivity contribution < 1.29 is 4.74 Å². The van der Waals surface area contributed by atoms with E-state index in [1.807, 2.05) is 11.6 Å². The molecular weight excluding hydrogens is 294 g/mol. The molecule has 0 aliphatic heterocycles. The summed E-state index contributed by atoms with van der Waals surface area (Å²) >= 11 is 3.61. The van der Waals surface area contributed by atoms with Crippen molar-refractivity contribution >= 4 is 15.9 Å². The van der Waals surface area contributed by atoms with Gasteiger partial charge in [0, 0.05) is 26.1 Å². The van der Waals surface area contributed by atoms with E-state index in [-0.39, 0.29) is 12.1 Å².